The minimum Gasteiger partial charge on any atom is -0.345 e. The smallest absolute Gasteiger partial charge is 0.242 e. The van der Waals surface area contributed by atoms with Crippen molar-refractivity contribution < 1.29 is 4.79 Å². The molecular weight excluding hydrogens is 240 g/mol. The zero-order valence-corrected chi connectivity index (χ0v) is 11.8. The number of hydrogen-bond donors (Lipinski definition) is 2. The lowest BCUT2D eigenvalue weighted by molar-refractivity contribution is -0.136. The summed E-state index contributed by atoms with van der Waals surface area (Å²) < 4.78 is 0. The van der Waals surface area contributed by atoms with Crippen LogP contribution >= 0.6 is 0 Å². The molecule has 0 fully saturated rings. The Morgan fingerprint density at radius 3 is 2.89 bits per heavy atom. The maximum Gasteiger partial charge on any atom is 0.242 e. The van der Waals surface area contributed by atoms with Gasteiger partial charge >= 0.3 is 0 Å². The number of carbonyl (C=O) groups is 1. The van der Waals surface area contributed by atoms with Gasteiger partial charge in [-0.25, -0.2) is 4.98 Å². The summed E-state index contributed by atoms with van der Waals surface area (Å²) >= 11 is 0. The third-order valence-corrected chi connectivity index (χ3v) is 3.41. The molecule has 0 unspecified atom stereocenters. The third-order valence-electron chi connectivity index (χ3n) is 3.41. The zero-order valence-electron chi connectivity index (χ0n) is 11.8. The molecule has 2 N–H and O–H groups in total. The standard InChI is InChI=1S/C14H20N4O/c1-14(2,15-3)13(19)18(4)8-10-5-6-11-12(7-10)17-9-16-11/h5-7,9,15H,8H2,1-4H3,(H,16,17). The van der Waals surface area contributed by atoms with E-state index in [0.29, 0.717) is 6.54 Å². The van der Waals surface area contributed by atoms with Crippen molar-refractivity contribution in [1.29, 1.82) is 0 Å². The highest BCUT2D eigenvalue weighted by molar-refractivity contribution is 5.85. The van der Waals surface area contributed by atoms with Crippen LogP contribution in [0, 0.1) is 0 Å². The first-order chi connectivity index (χ1) is 8.94. The summed E-state index contributed by atoms with van der Waals surface area (Å²) in [6.07, 6.45) is 1.67. The van der Waals surface area contributed by atoms with Crippen LogP contribution in [-0.4, -0.2) is 40.4 Å². The van der Waals surface area contributed by atoms with Crippen molar-refractivity contribution in [2.75, 3.05) is 14.1 Å². The van der Waals surface area contributed by atoms with E-state index in [0.717, 1.165) is 16.6 Å². The molecule has 2 aromatic rings. The molecule has 1 aromatic carbocycles. The summed E-state index contributed by atoms with van der Waals surface area (Å²) in [5.41, 5.74) is 2.46. The van der Waals surface area contributed by atoms with Gasteiger partial charge in [-0.3, -0.25) is 4.79 Å². The van der Waals surface area contributed by atoms with Crippen molar-refractivity contribution in [3.63, 3.8) is 0 Å². The monoisotopic (exact) mass is 260 g/mol. The van der Waals surface area contributed by atoms with E-state index in [4.69, 9.17) is 0 Å². The van der Waals surface area contributed by atoms with Gasteiger partial charge in [0.15, 0.2) is 0 Å². The second-order valence-electron chi connectivity index (χ2n) is 5.29. The molecule has 0 saturated heterocycles. The van der Waals surface area contributed by atoms with Gasteiger partial charge in [-0.2, -0.15) is 0 Å². The van der Waals surface area contributed by atoms with Gasteiger partial charge in [-0.05, 0) is 38.6 Å². The van der Waals surface area contributed by atoms with E-state index in [1.807, 2.05) is 39.1 Å². The van der Waals surface area contributed by atoms with E-state index in [2.05, 4.69) is 15.3 Å². The molecule has 0 aliphatic heterocycles. The minimum atomic E-state index is -0.549. The maximum atomic E-state index is 12.3. The molecule has 0 saturated carbocycles. The lowest BCUT2D eigenvalue weighted by atomic mass is 10.0. The fraction of sp³-hybridized carbons (Fsp3) is 0.429. The highest BCUT2D eigenvalue weighted by Crippen LogP contribution is 2.14. The molecule has 0 bridgehead atoms. The summed E-state index contributed by atoms with van der Waals surface area (Å²) in [5.74, 6) is 0.0692. The van der Waals surface area contributed by atoms with E-state index in [-0.39, 0.29) is 5.91 Å². The first-order valence-corrected chi connectivity index (χ1v) is 6.30. The molecule has 0 spiro atoms. The van der Waals surface area contributed by atoms with Crippen LogP contribution in [0.2, 0.25) is 0 Å². The molecule has 1 amide bonds. The Bertz CT molecular complexity index is 588. The van der Waals surface area contributed by atoms with Crippen molar-refractivity contribution in [2.24, 2.45) is 0 Å². The number of hydrogen-bond acceptors (Lipinski definition) is 3. The molecule has 0 aliphatic carbocycles. The summed E-state index contributed by atoms with van der Waals surface area (Å²) in [6, 6.07) is 5.99. The lowest BCUT2D eigenvalue weighted by Gasteiger charge is -2.29. The molecule has 1 aromatic heterocycles. The van der Waals surface area contributed by atoms with Gasteiger partial charge in [0, 0.05) is 13.6 Å². The minimum absolute atomic E-state index is 0.0692. The predicted molar refractivity (Wildman–Crippen MR) is 75.7 cm³/mol. The third kappa shape index (κ3) is 2.76. The molecule has 0 aliphatic rings. The number of benzene rings is 1. The van der Waals surface area contributed by atoms with E-state index in [9.17, 15) is 4.79 Å². The number of imidazole rings is 1. The van der Waals surface area contributed by atoms with E-state index in [1.54, 1.807) is 18.3 Å². The Kier molecular flexibility index (Phi) is 3.57. The van der Waals surface area contributed by atoms with Crippen molar-refractivity contribution >= 4 is 16.9 Å². The molecule has 1 heterocycles. The largest absolute Gasteiger partial charge is 0.345 e. The first kappa shape index (κ1) is 13.5. The van der Waals surface area contributed by atoms with Crippen LogP contribution in [0.4, 0.5) is 0 Å². The molecule has 0 atom stereocenters. The van der Waals surface area contributed by atoms with Crippen molar-refractivity contribution in [2.45, 2.75) is 25.9 Å². The van der Waals surface area contributed by atoms with E-state index < -0.39 is 5.54 Å². The van der Waals surface area contributed by atoms with Crippen LogP contribution in [0.25, 0.3) is 11.0 Å². The summed E-state index contributed by atoms with van der Waals surface area (Å²) in [4.78, 5) is 21.2. The number of nitrogens with one attached hydrogen (secondary N) is 2. The number of rotatable bonds is 4. The Labute approximate surface area is 113 Å². The molecule has 5 nitrogen and oxygen atoms in total. The Morgan fingerprint density at radius 1 is 1.47 bits per heavy atom. The van der Waals surface area contributed by atoms with Crippen LogP contribution in [0.1, 0.15) is 19.4 Å². The average Bonchev–Trinajstić information content (AvgIpc) is 2.85. The number of amides is 1. The normalized spacial score (nSPS) is 11.8. The summed E-state index contributed by atoms with van der Waals surface area (Å²) in [5, 5.41) is 3.03. The zero-order chi connectivity index (χ0) is 14.0. The highest BCUT2D eigenvalue weighted by Gasteiger charge is 2.28. The van der Waals surface area contributed by atoms with E-state index >= 15 is 0 Å². The number of carbonyl (C=O) groups excluding carboxylic acids is 1. The fourth-order valence-electron chi connectivity index (χ4n) is 2.01. The van der Waals surface area contributed by atoms with Gasteiger partial charge in [0.2, 0.25) is 5.91 Å². The van der Waals surface area contributed by atoms with Crippen LogP contribution < -0.4 is 5.32 Å². The quantitative estimate of drug-likeness (QED) is 0.876. The lowest BCUT2D eigenvalue weighted by Crippen LogP contribution is -2.51. The first-order valence-electron chi connectivity index (χ1n) is 6.30. The molecule has 2 rings (SSSR count). The van der Waals surface area contributed by atoms with Gasteiger partial charge in [0.1, 0.15) is 0 Å². The summed E-state index contributed by atoms with van der Waals surface area (Å²) in [6.45, 7) is 4.34. The highest BCUT2D eigenvalue weighted by atomic mass is 16.2. The molecular formula is C14H20N4O. The number of likely N-dealkylation sites (N-methyl/N-ethyl adjacent to an activating group) is 2. The number of fused-ring (bicyclic) bond motifs is 1. The number of aromatic amines is 1. The van der Waals surface area contributed by atoms with E-state index in [1.165, 1.54) is 0 Å². The second kappa shape index (κ2) is 5.01. The SMILES string of the molecule is CNC(C)(C)C(=O)N(C)Cc1ccc2nc[nH]c2c1. The Hall–Kier alpha value is -1.88. The van der Waals surface area contributed by atoms with Crippen LogP contribution in [0.3, 0.4) is 0 Å². The van der Waals surface area contributed by atoms with Crippen LogP contribution in [0.5, 0.6) is 0 Å². The average molecular weight is 260 g/mol. The van der Waals surface area contributed by atoms with Gasteiger partial charge in [-0.1, -0.05) is 6.07 Å². The Balaban J connectivity index is 2.14. The maximum absolute atomic E-state index is 12.3. The van der Waals surface area contributed by atoms with Crippen LogP contribution in [0.15, 0.2) is 24.5 Å². The van der Waals surface area contributed by atoms with Gasteiger partial charge < -0.3 is 15.2 Å². The van der Waals surface area contributed by atoms with Gasteiger partial charge in [0.05, 0.1) is 22.9 Å². The second-order valence-corrected chi connectivity index (χ2v) is 5.29. The predicted octanol–water partition coefficient (Wildman–Crippen LogP) is 1.52. The van der Waals surface area contributed by atoms with Crippen LogP contribution in [-0.2, 0) is 11.3 Å². The molecule has 0 radical (unpaired) electrons. The number of nitrogens with zero attached hydrogens (tertiary/aromatic N) is 2. The fourth-order valence-corrected chi connectivity index (χ4v) is 2.01. The van der Waals surface area contributed by atoms with Crippen molar-refractivity contribution in [3.8, 4) is 0 Å². The summed E-state index contributed by atoms with van der Waals surface area (Å²) in [7, 11) is 3.61. The number of aromatic nitrogens is 2. The van der Waals surface area contributed by atoms with Gasteiger partial charge in [-0.15, -0.1) is 0 Å². The molecule has 19 heavy (non-hydrogen) atoms. The van der Waals surface area contributed by atoms with Crippen molar-refractivity contribution in [3.05, 3.63) is 30.1 Å². The molecule has 102 valence electrons. The van der Waals surface area contributed by atoms with Gasteiger partial charge in [0.25, 0.3) is 0 Å². The van der Waals surface area contributed by atoms with Crippen molar-refractivity contribution in [1.82, 2.24) is 20.2 Å². The number of H-pyrrole nitrogens is 1. The molecule has 5 heteroatoms. The topological polar surface area (TPSA) is 61.0 Å². The Morgan fingerprint density at radius 2 is 2.21 bits per heavy atom.